The van der Waals surface area contributed by atoms with Crippen molar-refractivity contribution in [1.29, 1.82) is 0 Å². The van der Waals surface area contributed by atoms with Gasteiger partial charge in [0.25, 0.3) is 0 Å². The van der Waals surface area contributed by atoms with Gasteiger partial charge in [-0.05, 0) is 18.8 Å². The molecule has 1 fully saturated rings. The highest BCUT2D eigenvalue weighted by Gasteiger charge is 2.29. The van der Waals surface area contributed by atoms with E-state index in [4.69, 9.17) is 0 Å². The van der Waals surface area contributed by atoms with Gasteiger partial charge in [0, 0.05) is 38.7 Å². The molecule has 0 spiro atoms. The Kier molecular flexibility index (Phi) is 3.45. The zero-order valence-electron chi connectivity index (χ0n) is 12.9. The molecule has 0 aliphatic carbocycles. The Balaban J connectivity index is 1.45. The van der Waals surface area contributed by atoms with Crippen LogP contribution in [0.5, 0.6) is 0 Å². The second-order valence-electron chi connectivity index (χ2n) is 6.01. The van der Waals surface area contributed by atoms with Gasteiger partial charge in [0.1, 0.15) is 11.9 Å². The largest absolute Gasteiger partial charge is 0.385 e. The second kappa shape index (κ2) is 5.62. The molecule has 4 heterocycles. The van der Waals surface area contributed by atoms with Gasteiger partial charge in [-0.3, -0.25) is 5.10 Å². The van der Waals surface area contributed by atoms with Crippen molar-refractivity contribution in [3.05, 3.63) is 30.6 Å². The van der Waals surface area contributed by atoms with Crippen molar-refractivity contribution in [2.75, 3.05) is 18.0 Å². The SMILES string of the molecule is Cn1ccnc1C(O)C1CCN(c2ncc3cn[nH]c3n2)CC1. The monoisotopic (exact) mass is 313 g/mol. The van der Waals surface area contributed by atoms with Crippen molar-refractivity contribution in [2.24, 2.45) is 13.0 Å². The van der Waals surface area contributed by atoms with Crippen LogP contribution in [-0.2, 0) is 7.05 Å². The first-order valence-corrected chi connectivity index (χ1v) is 7.79. The predicted octanol–water partition coefficient (Wildman–Crippen LogP) is 1.04. The van der Waals surface area contributed by atoms with Gasteiger partial charge in [-0.2, -0.15) is 10.1 Å². The van der Waals surface area contributed by atoms with Crippen molar-refractivity contribution in [3.8, 4) is 0 Å². The summed E-state index contributed by atoms with van der Waals surface area (Å²) in [6, 6.07) is 0. The van der Waals surface area contributed by atoms with Crippen LogP contribution in [0.4, 0.5) is 5.95 Å². The van der Waals surface area contributed by atoms with Gasteiger partial charge in [0.15, 0.2) is 5.65 Å². The van der Waals surface area contributed by atoms with Crippen molar-refractivity contribution >= 4 is 17.0 Å². The van der Waals surface area contributed by atoms with Crippen molar-refractivity contribution in [1.82, 2.24) is 29.7 Å². The molecule has 0 aromatic carbocycles. The number of hydrogen-bond donors (Lipinski definition) is 2. The molecule has 8 nitrogen and oxygen atoms in total. The summed E-state index contributed by atoms with van der Waals surface area (Å²) >= 11 is 0. The summed E-state index contributed by atoms with van der Waals surface area (Å²) in [5, 5.41) is 18.3. The van der Waals surface area contributed by atoms with Crippen LogP contribution >= 0.6 is 0 Å². The zero-order valence-corrected chi connectivity index (χ0v) is 12.9. The average Bonchev–Trinajstić information content (AvgIpc) is 3.22. The fourth-order valence-electron chi connectivity index (χ4n) is 3.17. The highest BCUT2D eigenvalue weighted by molar-refractivity contribution is 5.73. The van der Waals surface area contributed by atoms with Crippen LogP contribution in [0, 0.1) is 5.92 Å². The van der Waals surface area contributed by atoms with Crippen LogP contribution in [0.25, 0.3) is 11.0 Å². The Labute approximate surface area is 133 Å². The molecule has 23 heavy (non-hydrogen) atoms. The third kappa shape index (κ3) is 2.55. The van der Waals surface area contributed by atoms with Crippen LogP contribution in [0.15, 0.2) is 24.8 Å². The van der Waals surface area contributed by atoms with E-state index in [1.807, 2.05) is 17.8 Å². The van der Waals surface area contributed by atoms with Crippen LogP contribution < -0.4 is 4.90 Å². The minimum Gasteiger partial charge on any atom is -0.385 e. The maximum Gasteiger partial charge on any atom is 0.227 e. The molecule has 1 aliphatic rings. The van der Waals surface area contributed by atoms with Gasteiger partial charge in [-0.15, -0.1) is 0 Å². The van der Waals surface area contributed by atoms with Crippen LogP contribution in [-0.4, -0.2) is 47.9 Å². The Bertz CT molecular complexity index is 803. The highest BCUT2D eigenvalue weighted by atomic mass is 16.3. The first-order chi connectivity index (χ1) is 11.2. The number of aromatic nitrogens is 6. The Hall–Kier alpha value is -2.48. The molecule has 0 radical (unpaired) electrons. The van der Waals surface area contributed by atoms with E-state index in [9.17, 15) is 5.11 Å². The minimum atomic E-state index is -0.520. The lowest BCUT2D eigenvalue weighted by Gasteiger charge is -2.33. The van der Waals surface area contributed by atoms with Gasteiger partial charge in [-0.25, -0.2) is 9.97 Å². The van der Waals surface area contributed by atoms with Crippen molar-refractivity contribution in [3.63, 3.8) is 0 Å². The van der Waals surface area contributed by atoms with Crippen LogP contribution in [0.2, 0.25) is 0 Å². The number of fused-ring (bicyclic) bond motifs is 1. The zero-order chi connectivity index (χ0) is 15.8. The molecule has 3 aromatic heterocycles. The smallest absolute Gasteiger partial charge is 0.227 e. The lowest BCUT2D eigenvalue weighted by Crippen LogP contribution is -2.37. The minimum absolute atomic E-state index is 0.211. The standard InChI is InChI=1S/C15H19N7O/c1-21-7-4-16-14(21)12(23)10-2-5-22(6-3-10)15-17-8-11-9-18-20-13(11)19-15/h4,7-10,12,23H,2-3,5-6H2,1H3,(H,17,18,19,20). The van der Waals surface area contributed by atoms with Crippen LogP contribution in [0.1, 0.15) is 24.8 Å². The number of aliphatic hydroxyl groups is 1. The topological polar surface area (TPSA) is 95.7 Å². The van der Waals surface area contributed by atoms with Crippen LogP contribution in [0.3, 0.4) is 0 Å². The summed E-state index contributed by atoms with van der Waals surface area (Å²) in [4.78, 5) is 15.3. The molecule has 0 amide bonds. The highest BCUT2D eigenvalue weighted by Crippen LogP contribution is 2.30. The fourth-order valence-corrected chi connectivity index (χ4v) is 3.17. The summed E-state index contributed by atoms with van der Waals surface area (Å²) in [5.74, 6) is 1.66. The molecule has 1 atom stereocenters. The van der Waals surface area contributed by atoms with Gasteiger partial charge in [0.05, 0.1) is 11.6 Å². The van der Waals surface area contributed by atoms with E-state index in [1.165, 1.54) is 0 Å². The number of rotatable bonds is 3. The van der Waals surface area contributed by atoms with E-state index < -0.39 is 6.10 Å². The molecule has 1 saturated heterocycles. The summed E-state index contributed by atoms with van der Waals surface area (Å²) in [6.45, 7) is 1.65. The summed E-state index contributed by atoms with van der Waals surface area (Å²) in [6.07, 6.45) is 8.34. The molecular formula is C15H19N7O. The quantitative estimate of drug-likeness (QED) is 0.750. The van der Waals surface area contributed by atoms with Gasteiger partial charge in [0.2, 0.25) is 5.95 Å². The molecule has 0 bridgehead atoms. The summed E-state index contributed by atoms with van der Waals surface area (Å²) in [5.41, 5.74) is 0.755. The number of hydrogen-bond acceptors (Lipinski definition) is 6. The maximum absolute atomic E-state index is 10.5. The van der Waals surface area contributed by atoms with Gasteiger partial charge < -0.3 is 14.6 Å². The molecule has 1 aliphatic heterocycles. The van der Waals surface area contributed by atoms with E-state index >= 15 is 0 Å². The lowest BCUT2D eigenvalue weighted by atomic mass is 9.91. The number of H-pyrrole nitrogens is 1. The van der Waals surface area contributed by atoms with E-state index in [0.717, 1.165) is 42.8 Å². The number of nitrogens with one attached hydrogen (secondary N) is 1. The van der Waals surface area contributed by atoms with E-state index in [2.05, 4.69) is 30.0 Å². The molecule has 0 saturated carbocycles. The number of imidazole rings is 1. The number of anilines is 1. The molecule has 120 valence electrons. The molecule has 1 unspecified atom stereocenters. The number of aromatic amines is 1. The summed E-state index contributed by atoms with van der Waals surface area (Å²) in [7, 11) is 1.91. The predicted molar refractivity (Wildman–Crippen MR) is 84.8 cm³/mol. The number of aliphatic hydroxyl groups excluding tert-OH is 1. The first kappa shape index (κ1) is 14.1. The number of aryl methyl sites for hydroxylation is 1. The molecule has 8 heteroatoms. The Morgan fingerprint density at radius 3 is 2.83 bits per heavy atom. The van der Waals surface area contributed by atoms with E-state index in [1.54, 1.807) is 18.6 Å². The lowest BCUT2D eigenvalue weighted by molar-refractivity contribution is 0.0823. The van der Waals surface area contributed by atoms with Crippen molar-refractivity contribution < 1.29 is 5.11 Å². The maximum atomic E-state index is 10.5. The van der Waals surface area contributed by atoms with Crippen molar-refractivity contribution in [2.45, 2.75) is 18.9 Å². The molecule has 2 N–H and O–H groups in total. The first-order valence-electron chi connectivity index (χ1n) is 7.79. The Morgan fingerprint density at radius 2 is 2.09 bits per heavy atom. The van der Waals surface area contributed by atoms with E-state index in [0.29, 0.717) is 5.95 Å². The molecule has 3 aromatic rings. The number of nitrogens with zero attached hydrogens (tertiary/aromatic N) is 6. The van der Waals surface area contributed by atoms with E-state index in [-0.39, 0.29) is 5.92 Å². The fraction of sp³-hybridized carbons (Fsp3) is 0.467. The number of piperidine rings is 1. The third-order valence-corrected chi connectivity index (χ3v) is 4.57. The molecular weight excluding hydrogens is 294 g/mol. The third-order valence-electron chi connectivity index (χ3n) is 4.57. The van der Waals surface area contributed by atoms with Gasteiger partial charge >= 0.3 is 0 Å². The Morgan fingerprint density at radius 1 is 1.26 bits per heavy atom. The summed E-state index contributed by atoms with van der Waals surface area (Å²) < 4.78 is 1.88. The normalized spacial score (nSPS) is 17.7. The average molecular weight is 313 g/mol. The molecule has 4 rings (SSSR count). The second-order valence-corrected chi connectivity index (χ2v) is 6.01. The van der Waals surface area contributed by atoms with Gasteiger partial charge in [-0.1, -0.05) is 0 Å².